The van der Waals surface area contributed by atoms with Crippen LogP contribution in [0.15, 0.2) is 0 Å². The van der Waals surface area contributed by atoms with Gasteiger partial charge in [-0.25, -0.2) is 0 Å². The summed E-state index contributed by atoms with van der Waals surface area (Å²) in [7, 11) is 0. The summed E-state index contributed by atoms with van der Waals surface area (Å²) < 4.78 is 0. The van der Waals surface area contributed by atoms with Crippen LogP contribution in [0.5, 0.6) is 0 Å². The first kappa shape index (κ1) is 14.4. The number of hydrogen-bond acceptors (Lipinski definition) is 1. The quantitative estimate of drug-likeness (QED) is 0.781. The summed E-state index contributed by atoms with van der Waals surface area (Å²) >= 11 is 6.26. The van der Waals surface area contributed by atoms with Gasteiger partial charge < -0.3 is 5.32 Å². The van der Waals surface area contributed by atoms with E-state index in [0.717, 1.165) is 24.7 Å². The molecule has 118 valence electrons. The molecule has 0 saturated heterocycles. The van der Waals surface area contributed by atoms with Crippen LogP contribution in [0.2, 0.25) is 0 Å². The van der Waals surface area contributed by atoms with Crippen molar-refractivity contribution in [2.75, 3.05) is 5.88 Å². The molecule has 0 aromatic heterocycles. The van der Waals surface area contributed by atoms with Gasteiger partial charge in [0.15, 0.2) is 0 Å². The molecule has 0 spiro atoms. The van der Waals surface area contributed by atoms with Gasteiger partial charge in [-0.2, -0.15) is 0 Å². The lowest BCUT2D eigenvalue weighted by Gasteiger charge is -2.54. The third kappa shape index (κ3) is 2.52. The largest absolute Gasteiger partial charge is 0.349 e. The topological polar surface area (TPSA) is 29.1 Å². The summed E-state index contributed by atoms with van der Waals surface area (Å²) in [5, 5.41) is 3.44. The standard InChI is InChI=1S/C18H28ClNO/c19-11-18(4-2-1-3-5-18)20-17(21)16-14-7-12-6-13(9-14)10-15(16)8-12/h12-16H,1-11H2,(H,20,21). The van der Waals surface area contributed by atoms with Crippen LogP contribution in [0.25, 0.3) is 0 Å². The fraction of sp³-hybridized carbons (Fsp3) is 0.944. The Labute approximate surface area is 133 Å². The van der Waals surface area contributed by atoms with Gasteiger partial charge >= 0.3 is 0 Å². The fourth-order valence-corrected chi connectivity index (χ4v) is 6.55. The average Bonchev–Trinajstić information content (AvgIpc) is 2.47. The van der Waals surface area contributed by atoms with E-state index in [2.05, 4.69) is 5.32 Å². The molecule has 5 rings (SSSR count). The molecule has 0 aromatic rings. The van der Waals surface area contributed by atoms with E-state index in [0.29, 0.717) is 29.5 Å². The van der Waals surface area contributed by atoms with Gasteiger partial charge in [0.05, 0.1) is 5.54 Å². The van der Waals surface area contributed by atoms with Crippen LogP contribution < -0.4 is 5.32 Å². The minimum Gasteiger partial charge on any atom is -0.349 e. The summed E-state index contributed by atoms with van der Waals surface area (Å²) in [5.41, 5.74) is -0.0917. The van der Waals surface area contributed by atoms with Crippen molar-refractivity contribution in [3.8, 4) is 0 Å². The highest BCUT2D eigenvalue weighted by Crippen LogP contribution is 2.56. The number of amides is 1. The van der Waals surface area contributed by atoms with Crippen molar-refractivity contribution in [3.05, 3.63) is 0 Å². The molecule has 5 aliphatic carbocycles. The lowest BCUT2D eigenvalue weighted by molar-refractivity contribution is -0.140. The van der Waals surface area contributed by atoms with Gasteiger partial charge in [0.1, 0.15) is 0 Å². The molecule has 4 bridgehead atoms. The predicted molar refractivity (Wildman–Crippen MR) is 85.2 cm³/mol. The molecule has 0 radical (unpaired) electrons. The Balaban J connectivity index is 1.47. The van der Waals surface area contributed by atoms with E-state index in [1.807, 2.05) is 0 Å². The third-order valence-corrected chi connectivity index (χ3v) is 7.50. The molecular weight excluding hydrogens is 282 g/mol. The molecule has 1 N–H and O–H groups in total. The van der Waals surface area contributed by atoms with Gasteiger partial charge in [-0.15, -0.1) is 11.6 Å². The summed E-state index contributed by atoms with van der Waals surface area (Å²) in [6, 6.07) is 0. The van der Waals surface area contributed by atoms with Crippen molar-refractivity contribution in [3.63, 3.8) is 0 Å². The zero-order chi connectivity index (χ0) is 14.4. The van der Waals surface area contributed by atoms with Gasteiger partial charge in [-0.3, -0.25) is 4.79 Å². The fourth-order valence-electron chi connectivity index (χ4n) is 6.22. The molecule has 21 heavy (non-hydrogen) atoms. The van der Waals surface area contributed by atoms with Gasteiger partial charge in [-0.05, 0) is 68.6 Å². The first-order valence-electron chi connectivity index (χ1n) is 9.07. The van der Waals surface area contributed by atoms with Crippen LogP contribution >= 0.6 is 11.6 Å². The van der Waals surface area contributed by atoms with Crippen molar-refractivity contribution >= 4 is 17.5 Å². The molecule has 5 fully saturated rings. The minimum absolute atomic E-state index is 0.0917. The summed E-state index contributed by atoms with van der Waals surface area (Å²) in [5.74, 6) is 4.48. The maximum atomic E-state index is 13.0. The lowest BCUT2D eigenvalue weighted by Crippen LogP contribution is -2.57. The monoisotopic (exact) mass is 309 g/mol. The number of hydrogen-bond donors (Lipinski definition) is 1. The Morgan fingerprint density at radius 3 is 2.05 bits per heavy atom. The zero-order valence-corrected chi connectivity index (χ0v) is 13.7. The van der Waals surface area contributed by atoms with E-state index in [-0.39, 0.29) is 5.54 Å². The first-order valence-corrected chi connectivity index (χ1v) is 9.60. The Kier molecular flexibility index (Phi) is 3.72. The molecule has 0 heterocycles. The number of nitrogens with one attached hydrogen (secondary N) is 1. The Hall–Kier alpha value is -0.240. The zero-order valence-electron chi connectivity index (χ0n) is 13.0. The van der Waals surface area contributed by atoms with E-state index in [4.69, 9.17) is 11.6 Å². The highest BCUT2D eigenvalue weighted by atomic mass is 35.5. The molecule has 1 amide bonds. The molecule has 0 aromatic carbocycles. The SMILES string of the molecule is O=C(NC1(CCl)CCCCC1)C1C2CC3CC(C2)CC1C3. The van der Waals surface area contributed by atoms with E-state index in [9.17, 15) is 4.79 Å². The van der Waals surface area contributed by atoms with Crippen molar-refractivity contribution in [2.45, 2.75) is 69.7 Å². The first-order chi connectivity index (χ1) is 10.2. The number of halogens is 1. The average molecular weight is 310 g/mol. The van der Waals surface area contributed by atoms with E-state index in [1.54, 1.807) is 0 Å². The third-order valence-electron chi connectivity index (χ3n) is 6.98. The van der Waals surface area contributed by atoms with Crippen LogP contribution in [0, 0.1) is 29.6 Å². The molecule has 0 unspecified atom stereocenters. The lowest BCUT2D eigenvalue weighted by atomic mass is 9.51. The molecule has 0 aliphatic heterocycles. The highest BCUT2D eigenvalue weighted by molar-refractivity contribution is 6.18. The number of carbonyl (C=O) groups is 1. The van der Waals surface area contributed by atoms with Gasteiger partial charge in [0, 0.05) is 11.8 Å². The normalized spacial score (nSPS) is 43.8. The van der Waals surface area contributed by atoms with Crippen LogP contribution in [-0.4, -0.2) is 17.3 Å². The highest BCUT2D eigenvalue weighted by Gasteiger charge is 2.51. The summed E-state index contributed by atoms with van der Waals surface area (Å²) in [6.45, 7) is 0. The molecule has 0 atom stereocenters. The van der Waals surface area contributed by atoms with Gasteiger partial charge in [0.25, 0.3) is 0 Å². The smallest absolute Gasteiger partial charge is 0.224 e. The van der Waals surface area contributed by atoms with Crippen molar-refractivity contribution in [1.29, 1.82) is 0 Å². The Bertz CT molecular complexity index is 387. The molecule has 5 saturated carbocycles. The molecule has 2 nitrogen and oxygen atoms in total. The van der Waals surface area contributed by atoms with Crippen molar-refractivity contribution < 1.29 is 4.79 Å². The Morgan fingerprint density at radius 2 is 1.52 bits per heavy atom. The van der Waals surface area contributed by atoms with Crippen molar-refractivity contribution in [1.82, 2.24) is 5.32 Å². The van der Waals surface area contributed by atoms with E-state index in [1.165, 1.54) is 51.4 Å². The van der Waals surface area contributed by atoms with Gasteiger partial charge in [0.2, 0.25) is 5.91 Å². The number of rotatable bonds is 3. The Morgan fingerprint density at radius 1 is 0.952 bits per heavy atom. The van der Waals surface area contributed by atoms with E-state index < -0.39 is 0 Å². The minimum atomic E-state index is -0.0917. The maximum absolute atomic E-state index is 13.0. The molecule has 3 heteroatoms. The predicted octanol–water partition coefficient (Wildman–Crippen LogP) is 4.12. The van der Waals surface area contributed by atoms with Crippen LogP contribution in [0.3, 0.4) is 0 Å². The number of carbonyl (C=O) groups excluding carboxylic acids is 1. The molecule has 5 aliphatic rings. The van der Waals surface area contributed by atoms with E-state index >= 15 is 0 Å². The maximum Gasteiger partial charge on any atom is 0.224 e. The van der Waals surface area contributed by atoms with Crippen LogP contribution in [0.1, 0.15) is 64.2 Å². The second-order valence-corrected chi connectivity index (χ2v) is 8.69. The van der Waals surface area contributed by atoms with Gasteiger partial charge in [-0.1, -0.05) is 19.3 Å². The number of alkyl halides is 1. The van der Waals surface area contributed by atoms with Crippen LogP contribution in [0.4, 0.5) is 0 Å². The second-order valence-electron chi connectivity index (χ2n) is 8.42. The van der Waals surface area contributed by atoms with Crippen LogP contribution in [-0.2, 0) is 4.79 Å². The van der Waals surface area contributed by atoms with Crippen molar-refractivity contribution in [2.24, 2.45) is 29.6 Å². The summed E-state index contributed by atoms with van der Waals surface area (Å²) in [4.78, 5) is 13.0. The second kappa shape index (κ2) is 5.44. The summed E-state index contributed by atoms with van der Waals surface area (Å²) in [6.07, 6.45) is 12.6. The molecular formula is C18H28ClNO.